The topological polar surface area (TPSA) is 63.3 Å². The Balaban J connectivity index is 1.66. The number of nitrogens with one attached hydrogen (secondary N) is 1. The van der Waals surface area contributed by atoms with Gasteiger partial charge in [-0.2, -0.15) is 18.3 Å². The van der Waals surface area contributed by atoms with E-state index < -0.39 is 18.3 Å². The van der Waals surface area contributed by atoms with Crippen LogP contribution in [0.5, 0.6) is 0 Å². The number of aromatic nitrogens is 2. The fourth-order valence-electron chi connectivity index (χ4n) is 4.07. The van der Waals surface area contributed by atoms with Crippen LogP contribution in [0.1, 0.15) is 61.4 Å². The molecule has 9 heteroatoms. The van der Waals surface area contributed by atoms with E-state index >= 15 is 0 Å². The summed E-state index contributed by atoms with van der Waals surface area (Å²) in [4.78, 5) is 14.7. The zero-order chi connectivity index (χ0) is 20.1. The molecule has 6 nitrogen and oxygen atoms in total. The first-order valence-electron chi connectivity index (χ1n) is 9.51. The van der Waals surface area contributed by atoms with Crippen molar-refractivity contribution < 1.29 is 22.4 Å². The number of rotatable bonds is 2. The number of amides is 1. The lowest BCUT2D eigenvalue weighted by molar-refractivity contribution is -0.174. The monoisotopic (exact) mass is 396 g/mol. The smallest absolute Gasteiger partial charge is 0.410 e. The molecule has 0 aliphatic carbocycles. The molecular formula is C19H23F3N4O2. The zero-order valence-electron chi connectivity index (χ0n) is 15.7. The Morgan fingerprint density at radius 3 is 2.79 bits per heavy atom. The highest BCUT2D eigenvalue weighted by Gasteiger charge is 2.47. The number of carbonyl (C=O) groups excluding carboxylic acids is 1. The predicted octanol–water partition coefficient (Wildman–Crippen LogP) is 4.40. The molecule has 28 heavy (non-hydrogen) atoms. The Kier molecular flexibility index (Phi) is 4.63. The summed E-state index contributed by atoms with van der Waals surface area (Å²) < 4.78 is 47.3. The summed E-state index contributed by atoms with van der Waals surface area (Å²) in [5, 5.41) is 7.10. The molecular weight excluding hydrogens is 373 g/mol. The van der Waals surface area contributed by atoms with Gasteiger partial charge in [-0.1, -0.05) is 6.92 Å². The normalized spacial score (nSPS) is 28.0. The Bertz CT molecular complexity index is 846. The number of alkyl halides is 3. The predicted molar refractivity (Wildman–Crippen MR) is 95.9 cm³/mol. The zero-order valence-corrected chi connectivity index (χ0v) is 15.7. The largest absolute Gasteiger partial charge is 0.467 e. The molecule has 2 aromatic rings. The molecule has 0 radical (unpaired) electrons. The second-order valence-corrected chi connectivity index (χ2v) is 7.85. The van der Waals surface area contributed by atoms with Crippen LogP contribution >= 0.6 is 0 Å². The van der Waals surface area contributed by atoms with Crippen molar-refractivity contribution >= 4 is 11.7 Å². The van der Waals surface area contributed by atoms with Gasteiger partial charge in [0.1, 0.15) is 11.6 Å². The van der Waals surface area contributed by atoms with Crippen LogP contribution in [0.2, 0.25) is 0 Å². The number of nitrogens with zero attached hydrogens (tertiary/aromatic N) is 3. The summed E-state index contributed by atoms with van der Waals surface area (Å²) in [6.45, 7) is 4.62. The highest BCUT2D eigenvalue weighted by molar-refractivity contribution is 5.93. The van der Waals surface area contributed by atoms with Crippen LogP contribution in [0, 0.1) is 5.92 Å². The number of fused-ring (bicyclic) bond motifs is 1. The SMILES string of the molecule is CC1CCC(C)N(C(=O)c2cc3n(n2)[C@H](C(F)(F)F)C[C@H](c2ccco2)N3)C1. The van der Waals surface area contributed by atoms with E-state index in [-0.39, 0.29) is 29.9 Å². The molecule has 4 rings (SSSR count). The van der Waals surface area contributed by atoms with Crippen molar-refractivity contribution in [1.29, 1.82) is 0 Å². The minimum absolute atomic E-state index is 0.0396. The maximum atomic E-state index is 13.7. The molecule has 4 heterocycles. The molecule has 1 N–H and O–H groups in total. The van der Waals surface area contributed by atoms with E-state index in [1.54, 1.807) is 17.0 Å². The summed E-state index contributed by atoms with van der Waals surface area (Å²) in [5.41, 5.74) is 0.0396. The van der Waals surface area contributed by atoms with E-state index in [4.69, 9.17) is 4.42 Å². The number of halogens is 3. The Morgan fingerprint density at radius 2 is 2.11 bits per heavy atom. The third kappa shape index (κ3) is 3.38. The van der Waals surface area contributed by atoms with Crippen LogP contribution in [-0.4, -0.2) is 39.4 Å². The summed E-state index contributed by atoms with van der Waals surface area (Å²) in [5.74, 6) is 0.643. The number of piperidine rings is 1. The van der Waals surface area contributed by atoms with Crippen LogP contribution in [0.4, 0.5) is 19.0 Å². The summed E-state index contributed by atoms with van der Waals surface area (Å²) in [7, 11) is 0. The first-order valence-corrected chi connectivity index (χ1v) is 9.51. The van der Waals surface area contributed by atoms with Gasteiger partial charge in [-0.05, 0) is 37.8 Å². The van der Waals surface area contributed by atoms with Gasteiger partial charge in [0.2, 0.25) is 0 Å². The lowest BCUT2D eigenvalue weighted by atomic mass is 9.95. The van der Waals surface area contributed by atoms with Crippen molar-refractivity contribution in [3.8, 4) is 0 Å². The van der Waals surface area contributed by atoms with E-state index in [1.807, 2.05) is 6.92 Å². The molecule has 0 aromatic carbocycles. The van der Waals surface area contributed by atoms with E-state index in [1.165, 1.54) is 12.3 Å². The third-order valence-corrected chi connectivity index (χ3v) is 5.67. The van der Waals surface area contributed by atoms with Gasteiger partial charge in [0, 0.05) is 25.1 Å². The highest BCUT2D eigenvalue weighted by atomic mass is 19.4. The van der Waals surface area contributed by atoms with Gasteiger partial charge in [-0.25, -0.2) is 4.68 Å². The molecule has 1 saturated heterocycles. The summed E-state index contributed by atoms with van der Waals surface area (Å²) in [6, 6.07) is 2.28. The molecule has 2 aromatic heterocycles. The molecule has 1 amide bonds. The summed E-state index contributed by atoms with van der Waals surface area (Å²) >= 11 is 0. The number of furan rings is 1. The van der Waals surface area contributed by atoms with Crippen molar-refractivity contribution in [2.24, 2.45) is 5.92 Å². The Morgan fingerprint density at radius 1 is 1.32 bits per heavy atom. The average molecular weight is 396 g/mol. The van der Waals surface area contributed by atoms with E-state index in [9.17, 15) is 18.0 Å². The number of likely N-dealkylation sites (tertiary alicyclic amines) is 1. The van der Waals surface area contributed by atoms with Gasteiger partial charge in [0.25, 0.3) is 5.91 Å². The molecule has 2 aliphatic heterocycles. The minimum atomic E-state index is -4.49. The van der Waals surface area contributed by atoms with E-state index in [0.717, 1.165) is 17.5 Å². The maximum Gasteiger partial charge on any atom is 0.410 e. The van der Waals surface area contributed by atoms with Crippen molar-refractivity contribution in [3.63, 3.8) is 0 Å². The second-order valence-electron chi connectivity index (χ2n) is 7.85. The first kappa shape index (κ1) is 18.9. The van der Waals surface area contributed by atoms with Gasteiger partial charge in [-0.3, -0.25) is 4.79 Å². The van der Waals surface area contributed by atoms with Gasteiger partial charge in [0.15, 0.2) is 11.7 Å². The fraction of sp³-hybridized carbons (Fsp3) is 0.579. The fourth-order valence-corrected chi connectivity index (χ4v) is 4.07. The van der Waals surface area contributed by atoms with Gasteiger partial charge in [-0.15, -0.1) is 0 Å². The van der Waals surface area contributed by atoms with Crippen LogP contribution in [0.3, 0.4) is 0 Å². The molecule has 4 atom stereocenters. The Labute approximate surface area is 160 Å². The van der Waals surface area contributed by atoms with Crippen LogP contribution in [0.15, 0.2) is 28.9 Å². The molecule has 0 spiro atoms. The lowest BCUT2D eigenvalue weighted by Crippen LogP contribution is -2.45. The molecule has 1 fully saturated rings. The molecule has 152 valence electrons. The first-order chi connectivity index (χ1) is 13.2. The Hall–Kier alpha value is -2.45. The minimum Gasteiger partial charge on any atom is -0.467 e. The molecule has 2 unspecified atom stereocenters. The van der Waals surface area contributed by atoms with Crippen molar-refractivity contribution in [1.82, 2.24) is 14.7 Å². The van der Waals surface area contributed by atoms with Gasteiger partial charge < -0.3 is 14.6 Å². The maximum absolute atomic E-state index is 13.7. The second kappa shape index (κ2) is 6.86. The number of carbonyl (C=O) groups is 1. The number of hydrogen-bond donors (Lipinski definition) is 1. The number of anilines is 1. The van der Waals surface area contributed by atoms with Gasteiger partial charge >= 0.3 is 6.18 Å². The van der Waals surface area contributed by atoms with Crippen LogP contribution in [0.25, 0.3) is 0 Å². The van der Waals surface area contributed by atoms with E-state index in [0.29, 0.717) is 18.2 Å². The van der Waals surface area contributed by atoms with Crippen molar-refractivity contribution in [2.75, 3.05) is 11.9 Å². The third-order valence-electron chi connectivity index (χ3n) is 5.67. The van der Waals surface area contributed by atoms with Crippen molar-refractivity contribution in [2.45, 2.75) is 57.4 Å². The molecule has 0 saturated carbocycles. The summed E-state index contributed by atoms with van der Waals surface area (Å²) in [6.07, 6.45) is -1.39. The molecule has 0 bridgehead atoms. The van der Waals surface area contributed by atoms with Gasteiger partial charge in [0.05, 0.1) is 12.3 Å². The standard InChI is InChI=1S/C19H23F3N4O2/c1-11-5-6-12(2)25(10-11)18(27)14-9-17-23-13(15-4-3-7-28-15)8-16(19(20,21)22)26(17)24-14/h3-4,7,9,11-13,16,23H,5-6,8,10H2,1-2H3/t11?,12?,13-,16+/m1/s1. The number of hydrogen-bond acceptors (Lipinski definition) is 4. The molecule has 2 aliphatic rings. The van der Waals surface area contributed by atoms with Crippen LogP contribution < -0.4 is 5.32 Å². The highest BCUT2D eigenvalue weighted by Crippen LogP contribution is 2.43. The average Bonchev–Trinajstić information content (AvgIpc) is 3.30. The van der Waals surface area contributed by atoms with Crippen LogP contribution in [-0.2, 0) is 0 Å². The quantitative estimate of drug-likeness (QED) is 0.818. The van der Waals surface area contributed by atoms with E-state index in [2.05, 4.69) is 17.3 Å². The van der Waals surface area contributed by atoms with Crippen molar-refractivity contribution in [3.05, 3.63) is 35.9 Å². The lowest BCUT2D eigenvalue weighted by Gasteiger charge is -2.36.